The van der Waals surface area contributed by atoms with Gasteiger partial charge in [0.2, 0.25) is 0 Å². The van der Waals surface area contributed by atoms with Crippen LogP contribution in [0.4, 0.5) is 16.0 Å². The highest BCUT2D eigenvalue weighted by atomic mass is 19.1. The van der Waals surface area contributed by atoms with Gasteiger partial charge in [0, 0.05) is 12.1 Å². The summed E-state index contributed by atoms with van der Waals surface area (Å²) < 4.78 is 23.7. The van der Waals surface area contributed by atoms with E-state index in [1.54, 1.807) is 26.4 Å². The molecule has 3 rings (SSSR count). The van der Waals surface area contributed by atoms with Crippen molar-refractivity contribution in [2.45, 2.75) is 6.54 Å². The fraction of sp³-hybridized carbons (Fsp3) is 0.150. The third kappa shape index (κ3) is 4.73. The van der Waals surface area contributed by atoms with Crippen molar-refractivity contribution in [2.24, 2.45) is 0 Å². The number of hydrogen-bond donors (Lipinski definition) is 2. The van der Waals surface area contributed by atoms with Gasteiger partial charge in [0.15, 0.2) is 17.3 Å². The first-order chi connectivity index (χ1) is 13.6. The Morgan fingerprint density at radius 2 is 1.71 bits per heavy atom. The maximum absolute atomic E-state index is 13.2. The number of aromatic nitrogens is 2. The van der Waals surface area contributed by atoms with Crippen LogP contribution in [-0.4, -0.2) is 30.3 Å². The van der Waals surface area contributed by atoms with Crippen LogP contribution in [0.1, 0.15) is 15.9 Å². The molecule has 0 radical (unpaired) electrons. The highest BCUT2D eigenvalue weighted by molar-refractivity contribution is 6.03. The number of amides is 1. The predicted octanol–water partition coefficient (Wildman–Crippen LogP) is 3.50. The summed E-state index contributed by atoms with van der Waals surface area (Å²) in [6.07, 6.45) is 0. The molecule has 3 aromatic rings. The molecule has 28 heavy (non-hydrogen) atoms. The van der Waals surface area contributed by atoms with Gasteiger partial charge in [-0.05, 0) is 48.0 Å². The monoisotopic (exact) mass is 382 g/mol. The van der Waals surface area contributed by atoms with Crippen molar-refractivity contribution >= 4 is 17.5 Å². The number of hydrogen-bond acceptors (Lipinski definition) is 6. The Morgan fingerprint density at radius 1 is 0.964 bits per heavy atom. The molecule has 0 atom stereocenters. The Morgan fingerprint density at radius 3 is 2.39 bits per heavy atom. The van der Waals surface area contributed by atoms with E-state index in [2.05, 4.69) is 20.8 Å². The van der Waals surface area contributed by atoms with E-state index in [9.17, 15) is 9.18 Å². The van der Waals surface area contributed by atoms with Crippen molar-refractivity contribution in [2.75, 3.05) is 24.9 Å². The van der Waals surface area contributed by atoms with Crippen LogP contribution in [-0.2, 0) is 6.54 Å². The number of anilines is 2. The molecule has 0 spiro atoms. The fourth-order valence-electron chi connectivity index (χ4n) is 2.49. The molecule has 1 amide bonds. The number of nitrogens with one attached hydrogen (secondary N) is 2. The summed E-state index contributed by atoms with van der Waals surface area (Å²) in [5.74, 6) is 1.17. The van der Waals surface area contributed by atoms with Gasteiger partial charge in [-0.1, -0.05) is 12.1 Å². The number of methoxy groups -OCH3 is 2. The van der Waals surface area contributed by atoms with Gasteiger partial charge < -0.3 is 20.1 Å². The Kier molecular flexibility index (Phi) is 6.01. The van der Waals surface area contributed by atoms with Crippen LogP contribution in [0.3, 0.4) is 0 Å². The molecule has 0 aliphatic heterocycles. The summed E-state index contributed by atoms with van der Waals surface area (Å²) >= 11 is 0. The molecule has 0 fully saturated rings. The molecule has 2 N–H and O–H groups in total. The third-order valence-electron chi connectivity index (χ3n) is 3.91. The molecule has 0 unspecified atom stereocenters. The maximum Gasteiger partial charge on any atom is 0.256 e. The van der Waals surface area contributed by atoms with Crippen molar-refractivity contribution in [1.29, 1.82) is 0 Å². The lowest BCUT2D eigenvalue weighted by Gasteiger charge is -2.10. The molecule has 1 heterocycles. The number of carbonyl (C=O) groups is 1. The van der Waals surface area contributed by atoms with Gasteiger partial charge in [0.25, 0.3) is 5.91 Å². The molecule has 2 aromatic carbocycles. The third-order valence-corrected chi connectivity index (χ3v) is 3.91. The van der Waals surface area contributed by atoms with E-state index in [0.717, 1.165) is 11.6 Å². The van der Waals surface area contributed by atoms with Gasteiger partial charge in [-0.15, -0.1) is 10.2 Å². The molecular formula is C20H19FN4O3. The minimum absolute atomic E-state index is 0.206. The SMILES string of the molecule is COc1ccc(CNc2ccc(NC(=O)c3cccc(F)c3)nn2)cc1OC. The summed E-state index contributed by atoms with van der Waals surface area (Å²) in [6, 6.07) is 14.3. The number of halogens is 1. The van der Waals surface area contributed by atoms with Crippen LogP contribution in [0.5, 0.6) is 11.5 Å². The van der Waals surface area contributed by atoms with E-state index in [0.29, 0.717) is 23.9 Å². The lowest BCUT2D eigenvalue weighted by molar-refractivity contribution is 0.102. The van der Waals surface area contributed by atoms with E-state index in [4.69, 9.17) is 9.47 Å². The quantitative estimate of drug-likeness (QED) is 0.651. The summed E-state index contributed by atoms with van der Waals surface area (Å²) in [5.41, 5.74) is 1.18. The molecule has 1 aromatic heterocycles. The molecule has 0 saturated heterocycles. The maximum atomic E-state index is 13.2. The Labute approximate surface area is 161 Å². The van der Waals surface area contributed by atoms with E-state index < -0.39 is 11.7 Å². The topological polar surface area (TPSA) is 85.4 Å². The lowest BCUT2D eigenvalue weighted by atomic mass is 10.2. The zero-order valence-corrected chi connectivity index (χ0v) is 15.4. The van der Waals surface area contributed by atoms with Crippen LogP contribution in [0.2, 0.25) is 0 Å². The van der Waals surface area contributed by atoms with E-state index in [1.807, 2.05) is 18.2 Å². The molecule has 0 saturated carbocycles. The predicted molar refractivity (Wildman–Crippen MR) is 103 cm³/mol. The lowest BCUT2D eigenvalue weighted by Crippen LogP contribution is -2.14. The number of benzene rings is 2. The molecule has 0 aliphatic rings. The molecule has 144 valence electrons. The van der Waals surface area contributed by atoms with Crippen molar-refractivity contribution in [3.63, 3.8) is 0 Å². The van der Waals surface area contributed by atoms with Gasteiger partial charge in [-0.3, -0.25) is 4.79 Å². The summed E-state index contributed by atoms with van der Waals surface area (Å²) in [6.45, 7) is 0.504. The van der Waals surface area contributed by atoms with E-state index in [-0.39, 0.29) is 11.4 Å². The average molecular weight is 382 g/mol. The highest BCUT2D eigenvalue weighted by Gasteiger charge is 2.09. The molecule has 8 heteroatoms. The van der Waals surface area contributed by atoms with E-state index >= 15 is 0 Å². The second kappa shape index (κ2) is 8.81. The number of nitrogens with zero attached hydrogens (tertiary/aromatic N) is 2. The molecule has 7 nitrogen and oxygen atoms in total. The summed E-state index contributed by atoms with van der Waals surface area (Å²) in [7, 11) is 3.16. The van der Waals surface area contributed by atoms with Crippen LogP contribution < -0.4 is 20.1 Å². The van der Waals surface area contributed by atoms with Gasteiger partial charge in [-0.25, -0.2) is 4.39 Å². The standard InChI is InChI=1S/C20H19FN4O3/c1-27-16-7-6-13(10-17(16)28-2)12-22-18-8-9-19(25-24-18)23-20(26)14-4-3-5-15(21)11-14/h3-11H,12H2,1-2H3,(H,22,24)(H,23,25,26). The van der Waals surface area contributed by atoms with Crippen LogP contribution in [0.15, 0.2) is 54.6 Å². The zero-order chi connectivity index (χ0) is 19.9. The van der Waals surface area contributed by atoms with Crippen molar-refractivity contribution in [1.82, 2.24) is 10.2 Å². The van der Waals surface area contributed by atoms with Gasteiger partial charge >= 0.3 is 0 Å². The average Bonchev–Trinajstić information content (AvgIpc) is 2.73. The Bertz CT molecular complexity index is 964. The molecule has 0 bridgehead atoms. The Hall–Kier alpha value is -3.68. The number of rotatable bonds is 7. The van der Waals surface area contributed by atoms with Crippen LogP contribution in [0, 0.1) is 5.82 Å². The van der Waals surface area contributed by atoms with Crippen LogP contribution >= 0.6 is 0 Å². The number of ether oxygens (including phenoxy) is 2. The minimum atomic E-state index is -0.478. The highest BCUT2D eigenvalue weighted by Crippen LogP contribution is 2.27. The normalized spacial score (nSPS) is 10.2. The first kappa shape index (κ1) is 19.1. The Balaban J connectivity index is 1.59. The summed E-state index contributed by atoms with van der Waals surface area (Å²) in [4.78, 5) is 12.1. The second-order valence-corrected chi connectivity index (χ2v) is 5.81. The first-order valence-electron chi connectivity index (χ1n) is 8.44. The van der Waals surface area contributed by atoms with Gasteiger partial charge in [0.05, 0.1) is 14.2 Å². The van der Waals surface area contributed by atoms with Gasteiger partial charge in [-0.2, -0.15) is 0 Å². The van der Waals surface area contributed by atoms with Gasteiger partial charge in [0.1, 0.15) is 11.6 Å². The summed E-state index contributed by atoms with van der Waals surface area (Å²) in [5, 5.41) is 13.7. The fourth-order valence-corrected chi connectivity index (χ4v) is 2.49. The zero-order valence-electron chi connectivity index (χ0n) is 15.4. The van der Waals surface area contributed by atoms with Crippen molar-refractivity contribution in [3.8, 4) is 11.5 Å². The second-order valence-electron chi connectivity index (χ2n) is 5.81. The van der Waals surface area contributed by atoms with E-state index in [1.165, 1.54) is 18.2 Å². The number of carbonyl (C=O) groups excluding carboxylic acids is 1. The molecular weight excluding hydrogens is 363 g/mol. The minimum Gasteiger partial charge on any atom is -0.493 e. The van der Waals surface area contributed by atoms with Crippen LogP contribution in [0.25, 0.3) is 0 Å². The molecule has 0 aliphatic carbocycles. The van der Waals surface area contributed by atoms with Crippen molar-refractivity contribution in [3.05, 3.63) is 71.5 Å². The largest absolute Gasteiger partial charge is 0.493 e. The smallest absolute Gasteiger partial charge is 0.256 e. The first-order valence-corrected chi connectivity index (χ1v) is 8.44. The van der Waals surface area contributed by atoms with Crippen molar-refractivity contribution < 1.29 is 18.7 Å².